The number of ether oxygens (including phenoxy) is 1. The Labute approximate surface area is 139 Å². The summed E-state index contributed by atoms with van der Waals surface area (Å²) in [6, 6.07) is 5.43. The Morgan fingerprint density at radius 1 is 1.25 bits per heavy atom. The molecule has 7 heteroatoms. The van der Waals surface area contributed by atoms with Crippen LogP contribution in [0.15, 0.2) is 30.6 Å². The van der Waals surface area contributed by atoms with Crippen molar-refractivity contribution in [1.82, 2.24) is 19.9 Å². The molecule has 2 aromatic heterocycles. The molecule has 4 rings (SSSR count). The average Bonchev–Trinajstić information content (AvgIpc) is 3.47. The Bertz CT molecular complexity index is 745. The summed E-state index contributed by atoms with van der Waals surface area (Å²) in [6.45, 7) is 1.45. The molecule has 1 atom stereocenters. The number of hydrogen-bond acceptors (Lipinski definition) is 6. The van der Waals surface area contributed by atoms with E-state index in [1.807, 2.05) is 12.1 Å². The fraction of sp³-hybridized carbons (Fsp3) is 0.412. The lowest BCUT2D eigenvalue weighted by Crippen LogP contribution is -2.42. The second-order valence-corrected chi connectivity index (χ2v) is 6.20. The number of rotatable bonds is 3. The summed E-state index contributed by atoms with van der Waals surface area (Å²) < 4.78 is 5.75. The molecule has 0 spiro atoms. The summed E-state index contributed by atoms with van der Waals surface area (Å²) in [7, 11) is 0. The first-order chi connectivity index (χ1) is 11.7. The van der Waals surface area contributed by atoms with Gasteiger partial charge in [0.15, 0.2) is 0 Å². The molecule has 0 bridgehead atoms. The number of morpholine rings is 1. The number of nitrogens with two attached hydrogens (primary N) is 1. The van der Waals surface area contributed by atoms with E-state index in [-0.39, 0.29) is 12.0 Å². The number of hydrogen-bond donors (Lipinski definition) is 1. The quantitative estimate of drug-likeness (QED) is 0.920. The topological polar surface area (TPSA) is 94.2 Å². The third-order valence-electron chi connectivity index (χ3n) is 4.34. The molecule has 124 valence electrons. The van der Waals surface area contributed by atoms with E-state index < -0.39 is 0 Å². The number of nitrogen functional groups attached to an aromatic ring is 1. The highest BCUT2D eigenvalue weighted by molar-refractivity contribution is 5.93. The third-order valence-corrected chi connectivity index (χ3v) is 4.34. The van der Waals surface area contributed by atoms with Gasteiger partial charge in [-0.2, -0.15) is 0 Å². The predicted molar refractivity (Wildman–Crippen MR) is 87.3 cm³/mol. The van der Waals surface area contributed by atoms with Crippen LogP contribution in [-0.4, -0.2) is 45.5 Å². The first-order valence-corrected chi connectivity index (χ1v) is 8.16. The van der Waals surface area contributed by atoms with E-state index in [9.17, 15) is 4.79 Å². The van der Waals surface area contributed by atoms with E-state index >= 15 is 0 Å². The fourth-order valence-electron chi connectivity index (χ4n) is 2.84. The number of carbonyl (C=O) groups is 1. The Kier molecular flexibility index (Phi) is 3.86. The molecule has 1 aliphatic carbocycles. The van der Waals surface area contributed by atoms with Gasteiger partial charge in [0.05, 0.1) is 24.4 Å². The van der Waals surface area contributed by atoms with Crippen LogP contribution in [0.2, 0.25) is 0 Å². The maximum absolute atomic E-state index is 12.7. The average molecular weight is 325 g/mol. The molecular formula is C17H19N5O2. The minimum absolute atomic E-state index is 0.0745. The molecule has 1 aliphatic heterocycles. The first-order valence-electron chi connectivity index (χ1n) is 8.16. The first kappa shape index (κ1) is 15.0. The molecule has 2 fully saturated rings. The van der Waals surface area contributed by atoms with E-state index in [4.69, 9.17) is 10.5 Å². The molecule has 1 saturated heterocycles. The van der Waals surface area contributed by atoms with E-state index in [1.54, 1.807) is 23.4 Å². The van der Waals surface area contributed by atoms with Gasteiger partial charge in [0.25, 0.3) is 5.91 Å². The minimum atomic E-state index is -0.266. The lowest BCUT2D eigenvalue weighted by molar-refractivity contribution is -0.0246. The van der Waals surface area contributed by atoms with Crippen LogP contribution in [-0.2, 0) is 4.74 Å². The fourth-order valence-corrected chi connectivity index (χ4v) is 2.84. The molecule has 1 amide bonds. The van der Waals surface area contributed by atoms with Gasteiger partial charge in [-0.15, -0.1) is 0 Å². The van der Waals surface area contributed by atoms with Crippen LogP contribution in [0.25, 0.3) is 0 Å². The minimum Gasteiger partial charge on any atom is -0.384 e. The Morgan fingerprint density at radius 2 is 2.04 bits per heavy atom. The lowest BCUT2D eigenvalue weighted by atomic mass is 10.1. The van der Waals surface area contributed by atoms with Crippen LogP contribution in [0.1, 0.15) is 46.7 Å². The van der Waals surface area contributed by atoms with Gasteiger partial charge < -0.3 is 15.4 Å². The summed E-state index contributed by atoms with van der Waals surface area (Å²) in [5, 5.41) is 0. The standard InChI is InChI=1S/C17H19N5O2/c18-15-3-1-2-13(21-15)14-10-22(6-7-24-14)17(23)12-8-19-16(20-9-12)11-4-5-11/h1-3,8-9,11,14H,4-7,10H2,(H2,18,21)/t14-/m1/s1. The Hall–Kier alpha value is -2.54. The summed E-state index contributed by atoms with van der Waals surface area (Å²) in [6.07, 6.45) is 5.29. The van der Waals surface area contributed by atoms with Gasteiger partial charge in [0.2, 0.25) is 0 Å². The Morgan fingerprint density at radius 3 is 2.75 bits per heavy atom. The second kappa shape index (κ2) is 6.16. The van der Waals surface area contributed by atoms with Crippen LogP contribution >= 0.6 is 0 Å². The zero-order valence-corrected chi connectivity index (χ0v) is 13.3. The number of aromatic nitrogens is 3. The monoisotopic (exact) mass is 325 g/mol. The molecule has 0 radical (unpaired) electrons. The summed E-state index contributed by atoms with van der Waals surface area (Å²) in [4.78, 5) is 27.4. The molecule has 3 heterocycles. The normalized spacial score (nSPS) is 20.8. The van der Waals surface area contributed by atoms with Gasteiger partial charge in [-0.3, -0.25) is 4.79 Å². The predicted octanol–water partition coefficient (Wildman–Crippen LogP) is 1.54. The van der Waals surface area contributed by atoms with Gasteiger partial charge in [-0.25, -0.2) is 15.0 Å². The molecule has 0 aromatic carbocycles. The number of anilines is 1. The van der Waals surface area contributed by atoms with Crippen molar-refractivity contribution in [2.75, 3.05) is 25.4 Å². The molecule has 1 saturated carbocycles. The number of amides is 1. The SMILES string of the molecule is Nc1cccc([C@H]2CN(C(=O)c3cnc(C4CC4)nc3)CCO2)n1. The Balaban J connectivity index is 1.47. The number of carbonyl (C=O) groups excluding carboxylic acids is 1. The molecule has 24 heavy (non-hydrogen) atoms. The van der Waals surface area contributed by atoms with Crippen molar-refractivity contribution in [3.8, 4) is 0 Å². The van der Waals surface area contributed by atoms with E-state index in [2.05, 4.69) is 15.0 Å². The van der Waals surface area contributed by atoms with E-state index in [1.165, 1.54) is 0 Å². The smallest absolute Gasteiger partial charge is 0.257 e. The molecule has 2 aliphatic rings. The van der Waals surface area contributed by atoms with E-state index in [0.717, 1.165) is 24.4 Å². The van der Waals surface area contributed by atoms with Gasteiger partial charge in [-0.05, 0) is 25.0 Å². The van der Waals surface area contributed by atoms with Crippen LogP contribution in [0.5, 0.6) is 0 Å². The maximum atomic E-state index is 12.7. The van der Waals surface area contributed by atoms with Gasteiger partial charge in [0, 0.05) is 24.9 Å². The highest BCUT2D eigenvalue weighted by Gasteiger charge is 2.29. The largest absolute Gasteiger partial charge is 0.384 e. The second-order valence-electron chi connectivity index (χ2n) is 6.20. The maximum Gasteiger partial charge on any atom is 0.257 e. The summed E-state index contributed by atoms with van der Waals surface area (Å²) in [5.74, 6) is 1.70. The van der Waals surface area contributed by atoms with Crippen molar-refractivity contribution >= 4 is 11.7 Å². The van der Waals surface area contributed by atoms with Crippen LogP contribution < -0.4 is 5.73 Å². The van der Waals surface area contributed by atoms with Crippen molar-refractivity contribution < 1.29 is 9.53 Å². The molecule has 0 unspecified atom stereocenters. The van der Waals surface area contributed by atoms with Crippen molar-refractivity contribution in [3.05, 3.63) is 47.7 Å². The van der Waals surface area contributed by atoms with Gasteiger partial charge in [0.1, 0.15) is 17.7 Å². The van der Waals surface area contributed by atoms with Crippen molar-refractivity contribution in [2.45, 2.75) is 24.9 Å². The third kappa shape index (κ3) is 3.07. The van der Waals surface area contributed by atoms with Crippen LogP contribution in [0.4, 0.5) is 5.82 Å². The molecule has 7 nitrogen and oxygen atoms in total. The molecule has 2 N–H and O–H groups in total. The van der Waals surface area contributed by atoms with Crippen LogP contribution in [0.3, 0.4) is 0 Å². The molecular weight excluding hydrogens is 306 g/mol. The molecule has 2 aromatic rings. The zero-order valence-electron chi connectivity index (χ0n) is 13.3. The van der Waals surface area contributed by atoms with Crippen molar-refractivity contribution in [1.29, 1.82) is 0 Å². The van der Waals surface area contributed by atoms with Crippen molar-refractivity contribution in [2.24, 2.45) is 0 Å². The lowest BCUT2D eigenvalue weighted by Gasteiger charge is -2.32. The van der Waals surface area contributed by atoms with Crippen molar-refractivity contribution in [3.63, 3.8) is 0 Å². The zero-order chi connectivity index (χ0) is 16.5. The highest BCUT2D eigenvalue weighted by Crippen LogP contribution is 2.37. The van der Waals surface area contributed by atoms with Crippen LogP contribution in [0, 0.1) is 0 Å². The van der Waals surface area contributed by atoms with E-state index in [0.29, 0.717) is 37.0 Å². The van der Waals surface area contributed by atoms with Gasteiger partial charge >= 0.3 is 0 Å². The van der Waals surface area contributed by atoms with Gasteiger partial charge in [-0.1, -0.05) is 6.07 Å². The summed E-state index contributed by atoms with van der Waals surface area (Å²) in [5.41, 5.74) is 6.99. The number of nitrogens with zero attached hydrogens (tertiary/aromatic N) is 4. The number of pyridine rings is 1. The highest BCUT2D eigenvalue weighted by atomic mass is 16.5. The summed E-state index contributed by atoms with van der Waals surface area (Å²) >= 11 is 0.